The van der Waals surface area contributed by atoms with E-state index in [4.69, 9.17) is 9.47 Å². The Balaban J connectivity index is 2.39. The number of hydrogen-bond donors (Lipinski definition) is 0. The Kier molecular flexibility index (Phi) is 7.20. The van der Waals surface area contributed by atoms with Gasteiger partial charge in [0.1, 0.15) is 0 Å². The molecule has 2 aromatic rings. The monoisotopic (exact) mass is 499 g/mol. The molecule has 5 nitrogen and oxygen atoms in total. The number of ether oxygens (including phenoxy) is 2. The van der Waals surface area contributed by atoms with Crippen LogP contribution in [0.2, 0.25) is 5.21 Å². The first kappa shape index (κ1) is 22.0. The van der Waals surface area contributed by atoms with Gasteiger partial charge in [-0.3, -0.25) is 0 Å². The molecule has 0 aliphatic rings. The van der Waals surface area contributed by atoms with Gasteiger partial charge in [-0.25, -0.2) is 0 Å². The van der Waals surface area contributed by atoms with Gasteiger partial charge in [-0.15, -0.1) is 0 Å². The molecule has 0 bridgehead atoms. The van der Waals surface area contributed by atoms with Gasteiger partial charge >= 0.3 is 176 Å². The van der Waals surface area contributed by atoms with Crippen LogP contribution in [0.15, 0.2) is 22.7 Å². The van der Waals surface area contributed by atoms with E-state index in [2.05, 4.69) is 15.9 Å². The van der Waals surface area contributed by atoms with Crippen LogP contribution in [0.3, 0.4) is 0 Å². The standard InChI is InChI=1S/C20H27AsBrNO4/c1-7-26-18(24)16-10-14-8-9-15(22)13(3)17(14)23(16)12(2)11-21-19(25)27-20(4,5)6/h8-10,12,21H,7,11H2,1-6H3. The Morgan fingerprint density at radius 2 is 1.96 bits per heavy atom. The number of nitrogens with zero attached hydrogens (tertiary/aromatic N) is 1. The van der Waals surface area contributed by atoms with Gasteiger partial charge in [-0.2, -0.15) is 0 Å². The van der Waals surface area contributed by atoms with Crippen LogP contribution in [-0.4, -0.2) is 43.3 Å². The van der Waals surface area contributed by atoms with Crippen molar-refractivity contribution in [3.8, 4) is 0 Å². The molecule has 1 aromatic heterocycles. The first-order chi connectivity index (χ1) is 12.5. The number of halogens is 1. The molecule has 0 aliphatic heterocycles. The zero-order valence-corrected chi connectivity index (χ0v) is 20.4. The summed E-state index contributed by atoms with van der Waals surface area (Å²) in [5, 5.41) is 1.68. The topological polar surface area (TPSA) is 57.5 Å². The van der Waals surface area contributed by atoms with Crippen LogP contribution in [0.5, 0.6) is 0 Å². The molecule has 2 rings (SSSR count). The van der Waals surface area contributed by atoms with Crippen LogP contribution >= 0.6 is 15.9 Å². The summed E-state index contributed by atoms with van der Waals surface area (Å²) in [5.41, 5.74) is 2.11. The molecule has 148 valence electrons. The van der Waals surface area contributed by atoms with Crippen LogP contribution in [0.4, 0.5) is 4.79 Å². The number of aromatic nitrogens is 1. The summed E-state index contributed by atoms with van der Waals surface area (Å²) in [6.07, 6.45) is 0. The van der Waals surface area contributed by atoms with E-state index in [1.54, 1.807) is 6.92 Å². The number of carbonyl (C=O) groups is 2. The van der Waals surface area contributed by atoms with Crippen molar-refractivity contribution in [2.24, 2.45) is 0 Å². The van der Waals surface area contributed by atoms with Gasteiger partial charge in [0.05, 0.1) is 0 Å². The van der Waals surface area contributed by atoms with Gasteiger partial charge in [0, 0.05) is 0 Å². The molecule has 0 radical (unpaired) electrons. The zero-order chi connectivity index (χ0) is 20.4. The minimum atomic E-state index is -0.961. The van der Waals surface area contributed by atoms with Gasteiger partial charge in [0.25, 0.3) is 0 Å². The Morgan fingerprint density at radius 3 is 2.56 bits per heavy atom. The second-order valence-electron chi connectivity index (χ2n) is 7.46. The molecule has 0 aliphatic carbocycles. The average Bonchev–Trinajstić information content (AvgIpc) is 2.95. The molecule has 0 fully saturated rings. The Bertz CT molecular complexity index is 854. The van der Waals surface area contributed by atoms with Crippen molar-refractivity contribution in [1.82, 2.24) is 4.57 Å². The molecule has 0 spiro atoms. The van der Waals surface area contributed by atoms with E-state index in [9.17, 15) is 9.59 Å². The number of carbonyl (C=O) groups excluding carboxylic acids is 2. The van der Waals surface area contributed by atoms with E-state index in [0.29, 0.717) is 17.5 Å². The summed E-state index contributed by atoms with van der Waals surface area (Å²) in [4.78, 5) is 24.7. The summed E-state index contributed by atoms with van der Waals surface area (Å²) in [6, 6.07) is 5.83. The normalized spacial score (nSPS) is 13.3. The van der Waals surface area contributed by atoms with E-state index in [1.807, 2.05) is 57.4 Å². The van der Waals surface area contributed by atoms with Gasteiger partial charge in [0.2, 0.25) is 0 Å². The average molecular weight is 500 g/mol. The Labute approximate surface area is 175 Å². The molecule has 0 N–H and O–H groups in total. The summed E-state index contributed by atoms with van der Waals surface area (Å²) in [6.45, 7) is 11.8. The van der Waals surface area contributed by atoms with Crippen LogP contribution < -0.4 is 0 Å². The molecule has 0 saturated carbocycles. The van der Waals surface area contributed by atoms with E-state index >= 15 is 0 Å². The third-order valence-electron chi connectivity index (χ3n) is 4.05. The summed E-state index contributed by atoms with van der Waals surface area (Å²) < 4.78 is 13.6. The summed E-state index contributed by atoms with van der Waals surface area (Å²) in [5.74, 6) is -0.339. The maximum atomic E-state index is 12.5. The molecule has 2 atom stereocenters. The molecular weight excluding hydrogens is 473 g/mol. The Hall–Kier alpha value is -1.26. The number of hydrogen-bond acceptors (Lipinski definition) is 4. The first-order valence-corrected chi connectivity index (χ1v) is 12.3. The van der Waals surface area contributed by atoms with Gasteiger partial charge in [-0.05, 0) is 0 Å². The number of aryl methyl sites for hydroxylation is 1. The SMILES string of the molecule is CCOC(=O)c1cc2ccc(Br)c(C)c2n1C(C)C[AsH]C(=O)OC(C)(C)C. The molecule has 0 saturated heterocycles. The Morgan fingerprint density at radius 1 is 1.30 bits per heavy atom. The van der Waals surface area contributed by atoms with Crippen molar-refractivity contribution < 1.29 is 19.1 Å². The predicted octanol–water partition coefficient (Wildman–Crippen LogP) is 5.24. The number of esters is 1. The first-order valence-electron chi connectivity index (χ1n) is 8.99. The molecular formula is C20H27AsBrNO4. The van der Waals surface area contributed by atoms with E-state index < -0.39 is 21.4 Å². The molecule has 2 unspecified atom stereocenters. The van der Waals surface area contributed by atoms with Crippen LogP contribution in [0.1, 0.15) is 56.7 Å². The fourth-order valence-electron chi connectivity index (χ4n) is 2.93. The maximum absolute atomic E-state index is 12.5. The third kappa shape index (κ3) is 5.38. The summed E-state index contributed by atoms with van der Waals surface area (Å²) >= 11 is 2.61. The van der Waals surface area contributed by atoms with E-state index in [0.717, 1.165) is 20.9 Å². The van der Waals surface area contributed by atoms with Gasteiger partial charge in [0.15, 0.2) is 0 Å². The quantitative estimate of drug-likeness (QED) is 0.402. The zero-order valence-electron chi connectivity index (χ0n) is 16.7. The molecule has 27 heavy (non-hydrogen) atoms. The van der Waals surface area contributed by atoms with Crippen LogP contribution in [0, 0.1) is 6.92 Å². The van der Waals surface area contributed by atoms with Crippen molar-refractivity contribution in [1.29, 1.82) is 0 Å². The molecule has 0 amide bonds. The van der Waals surface area contributed by atoms with E-state index in [-0.39, 0.29) is 16.8 Å². The van der Waals surface area contributed by atoms with Crippen molar-refractivity contribution in [2.75, 3.05) is 6.61 Å². The fraction of sp³-hybridized carbons (Fsp3) is 0.500. The molecule has 7 heteroatoms. The van der Waals surface area contributed by atoms with Gasteiger partial charge < -0.3 is 0 Å². The predicted molar refractivity (Wildman–Crippen MR) is 113 cm³/mol. The molecule has 1 aromatic carbocycles. The minimum absolute atomic E-state index is 0.0116. The van der Waals surface area contributed by atoms with Crippen molar-refractivity contribution in [3.05, 3.63) is 33.9 Å². The fourth-order valence-corrected chi connectivity index (χ4v) is 5.39. The number of rotatable bonds is 6. The van der Waals surface area contributed by atoms with Crippen molar-refractivity contribution in [3.63, 3.8) is 0 Å². The van der Waals surface area contributed by atoms with Crippen molar-refractivity contribution in [2.45, 2.75) is 58.4 Å². The summed E-state index contributed by atoms with van der Waals surface area (Å²) in [7, 11) is 0. The number of fused-ring (bicyclic) bond motifs is 1. The van der Waals surface area contributed by atoms with Gasteiger partial charge in [-0.1, -0.05) is 0 Å². The second-order valence-corrected chi connectivity index (χ2v) is 10.8. The second kappa shape index (κ2) is 8.83. The molecule has 1 heterocycles. The van der Waals surface area contributed by atoms with Crippen molar-refractivity contribution >= 4 is 53.3 Å². The van der Waals surface area contributed by atoms with E-state index in [1.165, 1.54) is 0 Å². The van der Waals surface area contributed by atoms with Crippen LogP contribution in [0.25, 0.3) is 10.9 Å². The third-order valence-corrected chi connectivity index (χ3v) is 7.40. The number of benzene rings is 1. The van der Waals surface area contributed by atoms with Crippen LogP contribution in [-0.2, 0) is 9.47 Å².